The number of nitrogens with one attached hydrogen (secondary N) is 1. The number of rotatable bonds is 3. The fraction of sp³-hybridized carbons (Fsp3) is 0.583. The van der Waals surface area contributed by atoms with Gasteiger partial charge in [-0.25, -0.2) is 0 Å². The molecule has 1 atom stereocenters. The summed E-state index contributed by atoms with van der Waals surface area (Å²) in [5, 5.41) is 6.90. The summed E-state index contributed by atoms with van der Waals surface area (Å²) in [4.78, 5) is 25.5. The van der Waals surface area contributed by atoms with Gasteiger partial charge in [0.1, 0.15) is 6.04 Å². The molecule has 0 bridgehead atoms. The van der Waals surface area contributed by atoms with Crippen molar-refractivity contribution >= 4 is 17.5 Å². The molecular formula is C12H18N4O2. The molecule has 1 unspecified atom stereocenters. The lowest BCUT2D eigenvalue weighted by Crippen LogP contribution is -2.44. The van der Waals surface area contributed by atoms with Gasteiger partial charge in [0.2, 0.25) is 11.8 Å². The number of carbonyl (C=O) groups excluding carboxylic acids is 2. The van der Waals surface area contributed by atoms with E-state index < -0.39 is 6.04 Å². The van der Waals surface area contributed by atoms with Crippen LogP contribution < -0.4 is 10.2 Å². The minimum absolute atomic E-state index is 0.0565. The van der Waals surface area contributed by atoms with E-state index in [9.17, 15) is 9.59 Å². The van der Waals surface area contributed by atoms with Crippen molar-refractivity contribution in [2.24, 2.45) is 0 Å². The zero-order valence-electron chi connectivity index (χ0n) is 10.7. The van der Waals surface area contributed by atoms with Crippen molar-refractivity contribution in [3.8, 4) is 0 Å². The van der Waals surface area contributed by atoms with Crippen LogP contribution in [0.5, 0.6) is 0 Å². The molecule has 6 nitrogen and oxygen atoms in total. The number of amides is 2. The van der Waals surface area contributed by atoms with E-state index in [-0.39, 0.29) is 11.8 Å². The predicted molar refractivity (Wildman–Crippen MR) is 67.1 cm³/mol. The Labute approximate surface area is 106 Å². The average Bonchev–Trinajstić information content (AvgIpc) is 2.79. The number of anilines is 1. The molecule has 0 saturated carbocycles. The van der Waals surface area contributed by atoms with Gasteiger partial charge in [0.15, 0.2) is 0 Å². The van der Waals surface area contributed by atoms with Gasteiger partial charge < -0.3 is 10.2 Å². The van der Waals surface area contributed by atoms with Gasteiger partial charge in [-0.2, -0.15) is 5.10 Å². The van der Waals surface area contributed by atoms with Crippen LogP contribution in [-0.2, 0) is 16.1 Å². The summed E-state index contributed by atoms with van der Waals surface area (Å²) in [7, 11) is 0. The topological polar surface area (TPSA) is 67.2 Å². The lowest BCUT2D eigenvalue weighted by atomic mass is 10.2. The standard InChI is InChI=1S/C12H18N4O2/c1-3-10-12(18)16(6-5-11(17)14-10)9-7-13-15(4-2)8-9/h7-8,10H,3-6H2,1-2H3,(H,14,17). The number of aromatic nitrogens is 2. The van der Waals surface area contributed by atoms with Gasteiger partial charge in [-0.05, 0) is 13.3 Å². The van der Waals surface area contributed by atoms with Gasteiger partial charge in [-0.1, -0.05) is 6.92 Å². The molecule has 0 aromatic carbocycles. The third-order valence-corrected chi connectivity index (χ3v) is 3.13. The summed E-state index contributed by atoms with van der Waals surface area (Å²) in [6.45, 7) is 5.05. The van der Waals surface area contributed by atoms with Crippen molar-refractivity contribution in [2.75, 3.05) is 11.4 Å². The second-order valence-electron chi connectivity index (χ2n) is 4.32. The highest BCUT2D eigenvalue weighted by atomic mass is 16.2. The highest BCUT2D eigenvalue weighted by Gasteiger charge is 2.29. The van der Waals surface area contributed by atoms with Crippen LogP contribution in [-0.4, -0.2) is 34.2 Å². The zero-order chi connectivity index (χ0) is 13.1. The number of carbonyl (C=O) groups is 2. The Balaban J connectivity index is 2.24. The summed E-state index contributed by atoms with van der Waals surface area (Å²) >= 11 is 0. The molecule has 1 N–H and O–H groups in total. The van der Waals surface area contributed by atoms with Crippen LogP contribution in [0.15, 0.2) is 12.4 Å². The van der Waals surface area contributed by atoms with Crippen molar-refractivity contribution in [1.29, 1.82) is 0 Å². The van der Waals surface area contributed by atoms with E-state index in [1.54, 1.807) is 15.8 Å². The van der Waals surface area contributed by atoms with Crippen LogP contribution >= 0.6 is 0 Å². The molecule has 2 heterocycles. The number of hydrogen-bond acceptors (Lipinski definition) is 3. The lowest BCUT2D eigenvalue weighted by molar-refractivity contribution is -0.125. The summed E-state index contributed by atoms with van der Waals surface area (Å²) in [6.07, 6.45) is 4.44. The number of hydrogen-bond donors (Lipinski definition) is 1. The van der Waals surface area contributed by atoms with Gasteiger partial charge in [-0.3, -0.25) is 14.3 Å². The molecule has 2 amide bonds. The Kier molecular flexibility index (Phi) is 3.64. The van der Waals surface area contributed by atoms with Gasteiger partial charge in [0, 0.05) is 25.7 Å². The molecule has 6 heteroatoms. The zero-order valence-corrected chi connectivity index (χ0v) is 10.7. The molecule has 1 aliphatic rings. The first kappa shape index (κ1) is 12.6. The number of nitrogens with zero attached hydrogens (tertiary/aromatic N) is 3. The van der Waals surface area contributed by atoms with Crippen LogP contribution in [0.1, 0.15) is 26.7 Å². The van der Waals surface area contributed by atoms with E-state index in [2.05, 4.69) is 10.4 Å². The quantitative estimate of drug-likeness (QED) is 0.851. The van der Waals surface area contributed by atoms with E-state index in [1.165, 1.54) is 0 Å². The Morgan fingerprint density at radius 1 is 1.44 bits per heavy atom. The summed E-state index contributed by atoms with van der Waals surface area (Å²) in [6, 6.07) is -0.426. The fourth-order valence-electron chi connectivity index (χ4n) is 2.04. The maximum atomic E-state index is 12.3. The monoisotopic (exact) mass is 250 g/mol. The Bertz CT molecular complexity index is 455. The molecule has 0 spiro atoms. The minimum Gasteiger partial charge on any atom is -0.344 e. The highest BCUT2D eigenvalue weighted by molar-refractivity contribution is 6.01. The molecule has 1 aromatic rings. The van der Waals surface area contributed by atoms with Crippen LogP contribution in [0.2, 0.25) is 0 Å². The van der Waals surface area contributed by atoms with Crippen LogP contribution in [0, 0.1) is 0 Å². The maximum Gasteiger partial charge on any atom is 0.249 e. The van der Waals surface area contributed by atoms with E-state index in [0.717, 1.165) is 12.2 Å². The highest BCUT2D eigenvalue weighted by Crippen LogP contribution is 2.17. The molecule has 18 heavy (non-hydrogen) atoms. The number of aryl methyl sites for hydroxylation is 1. The third kappa shape index (κ3) is 2.37. The predicted octanol–water partition coefficient (Wildman–Crippen LogP) is 0.534. The molecule has 0 aliphatic carbocycles. The Morgan fingerprint density at radius 2 is 2.22 bits per heavy atom. The van der Waals surface area contributed by atoms with Gasteiger partial charge in [0.05, 0.1) is 11.9 Å². The molecule has 1 aliphatic heterocycles. The van der Waals surface area contributed by atoms with Crippen molar-refractivity contribution in [3.05, 3.63) is 12.4 Å². The maximum absolute atomic E-state index is 12.3. The smallest absolute Gasteiger partial charge is 0.249 e. The van der Waals surface area contributed by atoms with E-state index in [1.807, 2.05) is 20.0 Å². The largest absolute Gasteiger partial charge is 0.344 e. The van der Waals surface area contributed by atoms with E-state index >= 15 is 0 Å². The SMILES string of the molecule is CCC1NC(=O)CCN(c2cnn(CC)c2)C1=O. The molecule has 2 rings (SSSR count). The third-order valence-electron chi connectivity index (χ3n) is 3.13. The van der Waals surface area contributed by atoms with Crippen molar-refractivity contribution < 1.29 is 9.59 Å². The Hall–Kier alpha value is -1.85. The van der Waals surface area contributed by atoms with Crippen molar-refractivity contribution in [3.63, 3.8) is 0 Å². The molecule has 1 fully saturated rings. The molecule has 1 aromatic heterocycles. The van der Waals surface area contributed by atoms with Gasteiger partial charge in [0.25, 0.3) is 0 Å². The van der Waals surface area contributed by atoms with E-state index in [4.69, 9.17) is 0 Å². The average molecular weight is 250 g/mol. The van der Waals surface area contributed by atoms with Crippen LogP contribution in [0.3, 0.4) is 0 Å². The van der Waals surface area contributed by atoms with Crippen molar-refractivity contribution in [1.82, 2.24) is 15.1 Å². The van der Waals surface area contributed by atoms with Crippen LogP contribution in [0.4, 0.5) is 5.69 Å². The lowest BCUT2D eigenvalue weighted by Gasteiger charge is -2.21. The van der Waals surface area contributed by atoms with Crippen molar-refractivity contribution in [2.45, 2.75) is 39.3 Å². The van der Waals surface area contributed by atoms with Crippen LogP contribution in [0.25, 0.3) is 0 Å². The summed E-state index contributed by atoms with van der Waals surface area (Å²) in [5.74, 6) is -0.125. The fourth-order valence-corrected chi connectivity index (χ4v) is 2.04. The van der Waals surface area contributed by atoms with Gasteiger partial charge >= 0.3 is 0 Å². The van der Waals surface area contributed by atoms with Gasteiger partial charge in [-0.15, -0.1) is 0 Å². The second kappa shape index (κ2) is 5.20. The molecule has 98 valence electrons. The molecule has 0 radical (unpaired) electrons. The van der Waals surface area contributed by atoms with E-state index in [0.29, 0.717) is 19.4 Å². The summed E-state index contributed by atoms with van der Waals surface area (Å²) in [5.41, 5.74) is 0.761. The minimum atomic E-state index is -0.426. The second-order valence-corrected chi connectivity index (χ2v) is 4.32. The summed E-state index contributed by atoms with van der Waals surface area (Å²) < 4.78 is 1.77. The first-order valence-electron chi connectivity index (χ1n) is 6.29. The Morgan fingerprint density at radius 3 is 2.83 bits per heavy atom. The first-order valence-corrected chi connectivity index (χ1v) is 6.29. The normalized spacial score (nSPS) is 20.8. The molecule has 1 saturated heterocycles. The first-order chi connectivity index (χ1) is 8.65. The molecular weight excluding hydrogens is 232 g/mol.